The van der Waals surface area contributed by atoms with E-state index in [0.717, 1.165) is 0 Å². The second-order valence-corrected chi connectivity index (χ2v) is 10.9. The largest absolute Gasteiger partial charge is 0.459 e. The zero-order valence-corrected chi connectivity index (χ0v) is 21.7. The van der Waals surface area contributed by atoms with Crippen LogP contribution in [-0.4, -0.2) is 50.6 Å². The molecule has 0 spiro atoms. The number of hydrogen-bond acceptors (Lipinski definition) is 8. The zero-order chi connectivity index (χ0) is 26.2. The van der Waals surface area contributed by atoms with E-state index in [-0.39, 0.29) is 25.4 Å². The van der Waals surface area contributed by atoms with Crippen molar-refractivity contribution in [1.29, 1.82) is 0 Å². The van der Waals surface area contributed by atoms with E-state index >= 15 is 0 Å². The normalized spacial score (nSPS) is 14.1. The topological polar surface area (TPSA) is 137 Å². The predicted molar refractivity (Wildman–Crippen MR) is 126 cm³/mol. The minimum atomic E-state index is -4.37. The molecule has 1 amide bonds. The molecule has 2 atom stereocenters. The lowest BCUT2D eigenvalue weighted by atomic mass is 9.88. The molecule has 192 valence electrons. The SMILES string of the molecule is CCC(=O)C(C)(C)COS(=O)(=O)N[C@H](C)[C@@H](NC(=O)OC(C)(C)C)C(=O)OCc1ccccc1. The number of amides is 1. The van der Waals surface area contributed by atoms with Crippen molar-refractivity contribution in [3.8, 4) is 0 Å². The lowest BCUT2D eigenvalue weighted by molar-refractivity contribution is -0.148. The van der Waals surface area contributed by atoms with Crippen LogP contribution in [0.4, 0.5) is 4.79 Å². The molecular weight excluding hydrogens is 464 g/mol. The highest BCUT2D eigenvalue weighted by Gasteiger charge is 2.34. The summed E-state index contributed by atoms with van der Waals surface area (Å²) < 4.78 is 42.6. The summed E-state index contributed by atoms with van der Waals surface area (Å²) in [4.78, 5) is 37.1. The van der Waals surface area contributed by atoms with Crippen molar-refractivity contribution in [2.24, 2.45) is 5.41 Å². The first kappa shape index (κ1) is 29.5. The highest BCUT2D eigenvalue weighted by molar-refractivity contribution is 7.84. The van der Waals surface area contributed by atoms with Crippen molar-refractivity contribution in [2.75, 3.05) is 6.61 Å². The van der Waals surface area contributed by atoms with Gasteiger partial charge in [0.05, 0.1) is 12.6 Å². The molecule has 0 radical (unpaired) electrons. The Hall–Kier alpha value is -2.50. The summed E-state index contributed by atoms with van der Waals surface area (Å²) in [7, 11) is -4.37. The quantitative estimate of drug-likeness (QED) is 0.418. The monoisotopic (exact) mass is 500 g/mol. The number of nitrogens with one attached hydrogen (secondary N) is 2. The molecule has 10 nitrogen and oxygen atoms in total. The molecule has 2 N–H and O–H groups in total. The summed E-state index contributed by atoms with van der Waals surface area (Å²) in [6.45, 7) is 10.7. The van der Waals surface area contributed by atoms with Gasteiger partial charge in [-0.2, -0.15) is 13.1 Å². The number of benzene rings is 1. The Bertz CT molecular complexity index is 939. The molecule has 0 bridgehead atoms. The molecule has 1 aromatic carbocycles. The average molecular weight is 501 g/mol. The van der Waals surface area contributed by atoms with Crippen LogP contribution in [-0.2, 0) is 40.2 Å². The minimum absolute atomic E-state index is 0.0739. The number of hydrogen-bond donors (Lipinski definition) is 2. The highest BCUT2D eigenvalue weighted by Crippen LogP contribution is 2.20. The van der Waals surface area contributed by atoms with Gasteiger partial charge < -0.3 is 14.8 Å². The van der Waals surface area contributed by atoms with Gasteiger partial charge in [-0.05, 0) is 33.3 Å². The van der Waals surface area contributed by atoms with Gasteiger partial charge in [-0.15, -0.1) is 0 Å². The number of esters is 1. The van der Waals surface area contributed by atoms with Crippen LogP contribution in [0, 0.1) is 5.41 Å². The molecule has 34 heavy (non-hydrogen) atoms. The second-order valence-electron chi connectivity index (χ2n) is 9.50. The predicted octanol–water partition coefficient (Wildman–Crippen LogP) is 2.87. The summed E-state index contributed by atoms with van der Waals surface area (Å²) in [5, 5.41) is 2.36. The number of carbonyl (C=O) groups excluding carboxylic acids is 3. The fourth-order valence-corrected chi connectivity index (χ4v) is 3.86. The van der Waals surface area contributed by atoms with E-state index in [0.29, 0.717) is 5.56 Å². The van der Waals surface area contributed by atoms with E-state index in [9.17, 15) is 22.8 Å². The minimum Gasteiger partial charge on any atom is -0.459 e. The van der Waals surface area contributed by atoms with Crippen molar-refractivity contribution in [3.05, 3.63) is 35.9 Å². The maximum atomic E-state index is 12.8. The third kappa shape index (κ3) is 10.6. The zero-order valence-electron chi connectivity index (χ0n) is 20.8. The van der Waals surface area contributed by atoms with Crippen LogP contribution >= 0.6 is 0 Å². The molecule has 1 rings (SSSR count). The van der Waals surface area contributed by atoms with Crippen LogP contribution in [0.15, 0.2) is 30.3 Å². The molecule has 0 aliphatic rings. The summed E-state index contributed by atoms with van der Waals surface area (Å²) in [5.74, 6) is -1.03. The lowest BCUT2D eigenvalue weighted by Crippen LogP contribution is -2.55. The number of ether oxygens (including phenoxy) is 2. The number of ketones is 1. The maximum Gasteiger partial charge on any atom is 0.408 e. The summed E-state index contributed by atoms with van der Waals surface area (Å²) in [6.07, 6.45) is -0.689. The first-order valence-electron chi connectivity index (χ1n) is 11.0. The molecule has 0 saturated heterocycles. The first-order chi connectivity index (χ1) is 15.6. The van der Waals surface area contributed by atoms with Crippen LogP contribution in [0.5, 0.6) is 0 Å². The van der Waals surface area contributed by atoms with Crippen LogP contribution in [0.2, 0.25) is 0 Å². The van der Waals surface area contributed by atoms with Crippen molar-refractivity contribution >= 4 is 28.1 Å². The van der Waals surface area contributed by atoms with E-state index in [2.05, 4.69) is 10.0 Å². The maximum absolute atomic E-state index is 12.8. The molecular formula is C23H36N2O8S. The van der Waals surface area contributed by atoms with Gasteiger partial charge in [0.15, 0.2) is 0 Å². The second kappa shape index (κ2) is 12.3. The van der Waals surface area contributed by atoms with Crippen molar-refractivity contribution < 1.29 is 36.5 Å². The van der Waals surface area contributed by atoms with Gasteiger partial charge in [-0.3, -0.25) is 8.98 Å². The van der Waals surface area contributed by atoms with Gasteiger partial charge in [0, 0.05) is 11.8 Å². The van der Waals surface area contributed by atoms with Gasteiger partial charge in [0.1, 0.15) is 24.0 Å². The first-order valence-corrected chi connectivity index (χ1v) is 12.4. The number of carbonyl (C=O) groups is 3. The summed E-state index contributed by atoms with van der Waals surface area (Å²) in [5.41, 5.74) is -1.15. The van der Waals surface area contributed by atoms with Crippen LogP contribution in [0.25, 0.3) is 0 Å². The van der Waals surface area contributed by atoms with E-state index in [1.165, 1.54) is 6.92 Å². The lowest BCUT2D eigenvalue weighted by Gasteiger charge is -2.27. The van der Waals surface area contributed by atoms with Gasteiger partial charge in [0.2, 0.25) is 0 Å². The molecule has 0 unspecified atom stereocenters. The Morgan fingerprint density at radius 2 is 1.62 bits per heavy atom. The molecule has 11 heteroatoms. The molecule has 0 saturated carbocycles. The Labute approximate surface area is 202 Å². The Morgan fingerprint density at radius 1 is 1.03 bits per heavy atom. The molecule has 0 fully saturated rings. The summed E-state index contributed by atoms with van der Waals surface area (Å²) >= 11 is 0. The molecule has 0 aromatic heterocycles. The third-order valence-corrected chi connectivity index (χ3v) is 5.72. The fraction of sp³-hybridized carbons (Fsp3) is 0.609. The van der Waals surface area contributed by atoms with E-state index in [1.54, 1.807) is 65.8 Å². The number of rotatable bonds is 12. The fourth-order valence-electron chi connectivity index (χ4n) is 2.75. The van der Waals surface area contributed by atoms with Gasteiger partial charge in [0.25, 0.3) is 0 Å². The third-order valence-electron chi connectivity index (χ3n) is 4.63. The molecule has 0 aliphatic heterocycles. The highest BCUT2D eigenvalue weighted by atomic mass is 32.2. The van der Waals surface area contributed by atoms with Gasteiger partial charge in [-0.1, -0.05) is 51.1 Å². The van der Waals surface area contributed by atoms with Crippen LogP contribution in [0.3, 0.4) is 0 Å². The smallest absolute Gasteiger partial charge is 0.408 e. The van der Waals surface area contributed by atoms with Crippen LogP contribution in [0.1, 0.15) is 60.5 Å². The number of alkyl carbamates (subject to hydrolysis) is 1. The van der Waals surface area contributed by atoms with E-state index in [1.807, 2.05) is 6.07 Å². The standard InChI is InChI=1S/C23H36N2O8S/c1-8-18(26)23(6,7)15-32-34(29,30)25-16(2)19(24-21(28)33-22(3,4)5)20(27)31-14-17-12-10-9-11-13-17/h9-13,16,19,25H,8,14-15H2,1-7H3,(H,24,28)/t16-,19-/m1/s1. The van der Waals surface area contributed by atoms with Crippen molar-refractivity contribution in [2.45, 2.75) is 79.2 Å². The Balaban J connectivity index is 2.94. The van der Waals surface area contributed by atoms with Crippen molar-refractivity contribution in [3.63, 3.8) is 0 Å². The van der Waals surface area contributed by atoms with E-state index < -0.39 is 45.5 Å². The Kier molecular flexibility index (Phi) is 10.7. The molecule has 0 heterocycles. The number of Topliss-reactive ketones (excluding diaryl/α,β-unsaturated/α-hetero) is 1. The summed E-state index contributed by atoms with van der Waals surface area (Å²) in [6, 6.07) is 6.29. The van der Waals surface area contributed by atoms with Gasteiger partial charge >= 0.3 is 22.4 Å². The van der Waals surface area contributed by atoms with Crippen molar-refractivity contribution in [1.82, 2.24) is 10.0 Å². The molecule has 0 aliphatic carbocycles. The molecule has 1 aromatic rings. The Morgan fingerprint density at radius 3 is 2.15 bits per heavy atom. The average Bonchev–Trinajstić information content (AvgIpc) is 2.73. The van der Waals surface area contributed by atoms with E-state index in [4.69, 9.17) is 13.7 Å². The van der Waals surface area contributed by atoms with Crippen LogP contribution < -0.4 is 10.0 Å². The van der Waals surface area contributed by atoms with Gasteiger partial charge in [-0.25, -0.2) is 9.59 Å².